The van der Waals surface area contributed by atoms with Gasteiger partial charge in [-0.2, -0.15) is 4.98 Å². The van der Waals surface area contributed by atoms with Crippen LogP contribution in [0.5, 0.6) is 0 Å². The predicted octanol–water partition coefficient (Wildman–Crippen LogP) is 4.88. The van der Waals surface area contributed by atoms with Gasteiger partial charge in [-0.05, 0) is 30.3 Å². The van der Waals surface area contributed by atoms with Crippen molar-refractivity contribution in [1.82, 2.24) is 4.98 Å². The van der Waals surface area contributed by atoms with E-state index in [-0.39, 0.29) is 0 Å². The largest absolute Gasteiger partial charge is 0.423 e. The lowest BCUT2D eigenvalue weighted by Gasteiger charge is -2.02. The molecule has 0 saturated carbocycles. The van der Waals surface area contributed by atoms with E-state index in [1.54, 1.807) is 12.1 Å². The number of anilines is 2. The van der Waals surface area contributed by atoms with Gasteiger partial charge >= 0.3 is 0 Å². The number of benzene rings is 2. The maximum absolute atomic E-state index is 5.94. The van der Waals surface area contributed by atoms with E-state index in [0.717, 1.165) is 16.8 Å². The topological polar surface area (TPSA) is 38.1 Å². The van der Waals surface area contributed by atoms with Gasteiger partial charge < -0.3 is 9.73 Å². The Morgan fingerprint density at radius 2 is 1.83 bits per heavy atom. The van der Waals surface area contributed by atoms with Crippen LogP contribution >= 0.6 is 23.2 Å². The number of rotatable bonds is 2. The van der Waals surface area contributed by atoms with E-state index >= 15 is 0 Å². The van der Waals surface area contributed by atoms with Crippen molar-refractivity contribution in [3.05, 3.63) is 52.5 Å². The second-order valence-corrected chi connectivity index (χ2v) is 4.56. The fraction of sp³-hybridized carbons (Fsp3) is 0. The minimum atomic E-state index is 0.426. The molecule has 0 amide bonds. The van der Waals surface area contributed by atoms with Crippen molar-refractivity contribution >= 4 is 46.0 Å². The van der Waals surface area contributed by atoms with E-state index in [2.05, 4.69) is 10.3 Å². The van der Waals surface area contributed by atoms with E-state index in [1.807, 2.05) is 30.3 Å². The molecule has 0 aliphatic carbocycles. The molecule has 90 valence electrons. The lowest BCUT2D eigenvalue weighted by molar-refractivity contribution is 0.623. The number of nitrogens with zero attached hydrogens (tertiary/aromatic N) is 1. The molecule has 1 heterocycles. The summed E-state index contributed by atoms with van der Waals surface area (Å²) in [5.41, 5.74) is 2.32. The molecule has 1 aromatic heterocycles. The Balaban J connectivity index is 1.93. The number of oxazole rings is 1. The maximum Gasteiger partial charge on any atom is 0.300 e. The number of fused-ring (bicyclic) bond motifs is 1. The summed E-state index contributed by atoms with van der Waals surface area (Å²) in [6, 6.07) is 13.2. The molecule has 5 heteroatoms. The van der Waals surface area contributed by atoms with Gasteiger partial charge in [-0.1, -0.05) is 35.3 Å². The minimum Gasteiger partial charge on any atom is -0.423 e. The summed E-state index contributed by atoms with van der Waals surface area (Å²) in [7, 11) is 0. The van der Waals surface area contributed by atoms with Crippen LogP contribution in [0, 0.1) is 0 Å². The Morgan fingerprint density at radius 1 is 1.00 bits per heavy atom. The van der Waals surface area contributed by atoms with Crippen molar-refractivity contribution in [3.8, 4) is 0 Å². The van der Waals surface area contributed by atoms with Crippen LogP contribution in [0.15, 0.2) is 46.9 Å². The van der Waals surface area contributed by atoms with E-state index in [9.17, 15) is 0 Å². The van der Waals surface area contributed by atoms with Gasteiger partial charge in [-0.15, -0.1) is 0 Å². The van der Waals surface area contributed by atoms with Gasteiger partial charge in [0.2, 0.25) is 0 Å². The monoisotopic (exact) mass is 278 g/mol. The lowest BCUT2D eigenvalue weighted by Crippen LogP contribution is -1.89. The quantitative estimate of drug-likeness (QED) is 0.726. The third-order valence-electron chi connectivity index (χ3n) is 2.46. The van der Waals surface area contributed by atoms with Gasteiger partial charge in [-0.3, -0.25) is 0 Å². The number of nitrogens with one attached hydrogen (secondary N) is 1. The van der Waals surface area contributed by atoms with Crippen LogP contribution in [0.1, 0.15) is 0 Å². The molecule has 0 bridgehead atoms. The smallest absolute Gasteiger partial charge is 0.300 e. The molecule has 3 aromatic rings. The Bertz CT molecular complexity index is 676. The summed E-state index contributed by atoms with van der Waals surface area (Å²) in [4.78, 5) is 4.31. The highest BCUT2D eigenvalue weighted by molar-refractivity contribution is 6.42. The SMILES string of the molecule is Clc1ccc(Nc2nc3ccccc3o2)cc1Cl. The average Bonchev–Trinajstić information content (AvgIpc) is 2.76. The highest BCUT2D eigenvalue weighted by Crippen LogP contribution is 2.27. The first-order chi connectivity index (χ1) is 8.72. The van der Waals surface area contributed by atoms with Crippen molar-refractivity contribution < 1.29 is 4.42 Å². The molecular weight excluding hydrogens is 271 g/mol. The summed E-state index contributed by atoms with van der Waals surface area (Å²) in [5.74, 6) is 0. The minimum absolute atomic E-state index is 0.426. The number of halogens is 2. The first-order valence-electron chi connectivity index (χ1n) is 5.30. The number of aromatic nitrogens is 1. The van der Waals surface area contributed by atoms with Gasteiger partial charge in [-0.25, -0.2) is 0 Å². The Morgan fingerprint density at radius 3 is 2.61 bits per heavy atom. The second kappa shape index (κ2) is 4.52. The molecule has 3 nitrogen and oxygen atoms in total. The van der Waals surface area contributed by atoms with Gasteiger partial charge in [0, 0.05) is 5.69 Å². The molecule has 0 aliphatic heterocycles. The maximum atomic E-state index is 5.94. The Labute approximate surface area is 113 Å². The van der Waals surface area contributed by atoms with Crippen molar-refractivity contribution in [1.29, 1.82) is 0 Å². The fourth-order valence-electron chi connectivity index (χ4n) is 1.62. The van der Waals surface area contributed by atoms with Crippen molar-refractivity contribution in [2.45, 2.75) is 0 Å². The highest BCUT2D eigenvalue weighted by atomic mass is 35.5. The number of hydrogen-bond donors (Lipinski definition) is 1. The molecule has 0 spiro atoms. The van der Waals surface area contributed by atoms with Crippen LogP contribution in [-0.4, -0.2) is 4.98 Å². The van der Waals surface area contributed by atoms with Crippen molar-refractivity contribution in [2.75, 3.05) is 5.32 Å². The van der Waals surface area contributed by atoms with Crippen LogP contribution < -0.4 is 5.32 Å². The summed E-state index contributed by atoms with van der Waals surface area (Å²) >= 11 is 11.8. The van der Waals surface area contributed by atoms with E-state index in [0.29, 0.717) is 16.1 Å². The van der Waals surface area contributed by atoms with Crippen molar-refractivity contribution in [2.24, 2.45) is 0 Å². The number of hydrogen-bond acceptors (Lipinski definition) is 3. The normalized spacial score (nSPS) is 10.8. The standard InChI is InChI=1S/C13H8Cl2N2O/c14-9-6-5-8(7-10(9)15)16-13-17-11-3-1-2-4-12(11)18-13/h1-7H,(H,16,17). The number of para-hydroxylation sites is 2. The Hall–Kier alpha value is -1.71. The summed E-state index contributed by atoms with van der Waals surface area (Å²) in [6.07, 6.45) is 0. The summed E-state index contributed by atoms with van der Waals surface area (Å²) in [6.45, 7) is 0. The van der Waals surface area contributed by atoms with Gasteiger partial charge in [0.15, 0.2) is 5.58 Å². The van der Waals surface area contributed by atoms with Gasteiger partial charge in [0.1, 0.15) is 5.52 Å². The third-order valence-corrected chi connectivity index (χ3v) is 3.20. The Kier molecular flexibility index (Phi) is 2.86. The van der Waals surface area contributed by atoms with Crippen LogP contribution in [0.2, 0.25) is 10.0 Å². The molecule has 1 N–H and O–H groups in total. The van der Waals surface area contributed by atoms with Gasteiger partial charge in [0.05, 0.1) is 10.0 Å². The first-order valence-corrected chi connectivity index (χ1v) is 6.05. The third kappa shape index (κ3) is 2.15. The van der Waals surface area contributed by atoms with E-state index in [1.165, 1.54) is 0 Å². The van der Waals surface area contributed by atoms with E-state index in [4.69, 9.17) is 27.6 Å². The molecule has 0 aliphatic rings. The second-order valence-electron chi connectivity index (χ2n) is 3.74. The fourth-order valence-corrected chi connectivity index (χ4v) is 1.92. The first kappa shape index (κ1) is 11.4. The molecule has 18 heavy (non-hydrogen) atoms. The van der Waals surface area contributed by atoms with Crippen LogP contribution in [0.25, 0.3) is 11.1 Å². The summed E-state index contributed by atoms with van der Waals surface area (Å²) in [5, 5.41) is 4.04. The average molecular weight is 279 g/mol. The molecule has 0 radical (unpaired) electrons. The lowest BCUT2D eigenvalue weighted by atomic mass is 10.3. The molecule has 3 rings (SSSR count). The molecule has 0 fully saturated rings. The predicted molar refractivity (Wildman–Crippen MR) is 73.8 cm³/mol. The summed E-state index contributed by atoms with van der Waals surface area (Å²) < 4.78 is 5.54. The molecular formula is C13H8Cl2N2O. The van der Waals surface area contributed by atoms with Crippen LogP contribution in [0.3, 0.4) is 0 Å². The van der Waals surface area contributed by atoms with Crippen molar-refractivity contribution in [3.63, 3.8) is 0 Å². The molecule has 0 saturated heterocycles. The molecule has 0 atom stereocenters. The van der Waals surface area contributed by atoms with Gasteiger partial charge in [0.25, 0.3) is 6.01 Å². The van der Waals surface area contributed by atoms with Crippen LogP contribution in [0.4, 0.5) is 11.7 Å². The zero-order chi connectivity index (χ0) is 12.5. The molecule has 2 aromatic carbocycles. The zero-order valence-corrected chi connectivity index (χ0v) is 10.7. The van der Waals surface area contributed by atoms with E-state index < -0.39 is 0 Å². The van der Waals surface area contributed by atoms with Crippen LogP contribution in [-0.2, 0) is 0 Å². The highest BCUT2D eigenvalue weighted by Gasteiger charge is 2.06. The molecule has 0 unspecified atom stereocenters. The zero-order valence-electron chi connectivity index (χ0n) is 9.15.